The van der Waals surface area contributed by atoms with E-state index >= 15 is 0 Å². The number of aryl methyl sites for hydroxylation is 1. The van der Waals surface area contributed by atoms with Crippen LogP contribution in [0.4, 0.5) is 9.18 Å². The summed E-state index contributed by atoms with van der Waals surface area (Å²) in [5.74, 6) is -1.28. The summed E-state index contributed by atoms with van der Waals surface area (Å²) in [7, 11) is 1.51. The predicted octanol–water partition coefficient (Wildman–Crippen LogP) is 2.31. The van der Waals surface area contributed by atoms with Gasteiger partial charge in [-0.05, 0) is 31.0 Å². The number of hydrogen-bond donors (Lipinski definition) is 2. The Morgan fingerprint density at radius 2 is 2.10 bits per heavy atom. The summed E-state index contributed by atoms with van der Waals surface area (Å²) in [5, 5.41) is 11.3. The molecule has 5 nitrogen and oxygen atoms in total. The topological polar surface area (TPSA) is 69.6 Å². The molecule has 20 heavy (non-hydrogen) atoms. The van der Waals surface area contributed by atoms with Crippen LogP contribution in [-0.2, 0) is 4.79 Å². The molecule has 2 N–H and O–H groups in total. The standard InChI is InChI=1S/C14H19FN2O3/c1-9-4-5-11(8-12(9)15)10(2)16-14(20)17(3)7-6-13(18)19/h4-5,8,10H,6-7H2,1-3H3,(H,16,20)(H,18,19). The van der Waals surface area contributed by atoms with Gasteiger partial charge in [0.1, 0.15) is 5.82 Å². The van der Waals surface area contributed by atoms with Crippen LogP contribution in [0.5, 0.6) is 0 Å². The highest BCUT2D eigenvalue weighted by Gasteiger charge is 2.14. The molecule has 1 unspecified atom stereocenters. The first-order chi connectivity index (χ1) is 9.31. The van der Waals surface area contributed by atoms with Crippen LogP contribution in [0.25, 0.3) is 0 Å². The predicted molar refractivity (Wildman–Crippen MR) is 73.0 cm³/mol. The largest absolute Gasteiger partial charge is 0.481 e. The lowest BCUT2D eigenvalue weighted by atomic mass is 10.1. The minimum absolute atomic E-state index is 0.114. The van der Waals surface area contributed by atoms with Crippen LogP contribution in [0.2, 0.25) is 0 Å². The molecule has 6 heteroatoms. The van der Waals surface area contributed by atoms with Crippen molar-refractivity contribution < 1.29 is 19.1 Å². The Morgan fingerprint density at radius 1 is 1.45 bits per heavy atom. The molecule has 0 aliphatic rings. The van der Waals surface area contributed by atoms with Gasteiger partial charge in [0.2, 0.25) is 0 Å². The Bertz CT molecular complexity index is 505. The van der Waals surface area contributed by atoms with Gasteiger partial charge in [-0.1, -0.05) is 12.1 Å². The zero-order chi connectivity index (χ0) is 15.3. The molecule has 1 aromatic carbocycles. The highest BCUT2D eigenvalue weighted by molar-refractivity contribution is 5.75. The molecule has 2 amide bonds. The van der Waals surface area contributed by atoms with Gasteiger partial charge in [-0.15, -0.1) is 0 Å². The van der Waals surface area contributed by atoms with Crippen molar-refractivity contribution >= 4 is 12.0 Å². The molecule has 110 valence electrons. The fraction of sp³-hybridized carbons (Fsp3) is 0.429. The third kappa shape index (κ3) is 4.53. The van der Waals surface area contributed by atoms with Crippen molar-refractivity contribution in [2.75, 3.05) is 13.6 Å². The van der Waals surface area contributed by atoms with Crippen molar-refractivity contribution in [3.8, 4) is 0 Å². The monoisotopic (exact) mass is 282 g/mol. The van der Waals surface area contributed by atoms with Crippen LogP contribution < -0.4 is 5.32 Å². The zero-order valence-electron chi connectivity index (χ0n) is 11.8. The third-order valence-electron chi connectivity index (χ3n) is 3.04. The number of urea groups is 1. The van der Waals surface area contributed by atoms with Crippen LogP contribution in [-0.4, -0.2) is 35.6 Å². The van der Waals surface area contributed by atoms with Gasteiger partial charge in [0.15, 0.2) is 0 Å². The molecule has 0 spiro atoms. The number of rotatable bonds is 5. The van der Waals surface area contributed by atoms with Gasteiger partial charge in [-0.25, -0.2) is 9.18 Å². The fourth-order valence-electron chi connectivity index (χ4n) is 1.62. The van der Waals surface area contributed by atoms with E-state index < -0.39 is 5.97 Å². The normalized spacial score (nSPS) is 11.8. The molecule has 1 atom stereocenters. The fourth-order valence-corrected chi connectivity index (χ4v) is 1.62. The van der Waals surface area contributed by atoms with Crippen molar-refractivity contribution in [2.24, 2.45) is 0 Å². The quantitative estimate of drug-likeness (QED) is 0.870. The van der Waals surface area contributed by atoms with E-state index in [1.807, 2.05) is 0 Å². The Hall–Kier alpha value is -2.11. The Balaban J connectivity index is 2.60. The molecule has 1 aromatic rings. The smallest absolute Gasteiger partial charge is 0.317 e. The highest BCUT2D eigenvalue weighted by atomic mass is 19.1. The first kappa shape index (κ1) is 15.9. The zero-order valence-corrected chi connectivity index (χ0v) is 11.8. The SMILES string of the molecule is Cc1ccc(C(C)NC(=O)N(C)CCC(=O)O)cc1F. The molecular formula is C14H19FN2O3. The van der Waals surface area contributed by atoms with E-state index in [1.54, 1.807) is 26.0 Å². The summed E-state index contributed by atoms with van der Waals surface area (Å²) in [4.78, 5) is 23.5. The van der Waals surface area contributed by atoms with Crippen molar-refractivity contribution in [1.29, 1.82) is 0 Å². The lowest BCUT2D eigenvalue weighted by molar-refractivity contribution is -0.137. The summed E-state index contributed by atoms with van der Waals surface area (Å²) in [6, 6.07) is 4.05. The van der Waals surface area contributed by atoms with Crippen molar-refractivity contribution in [3.05, 3.63) is 35.1 Å². The maximum absolute atomic E-state index is 13.5. The molecule has 0 aromatic heterocycles. The van der Waals surface area contributed by atoms with E-state index in [-0.39, 0.29) is 30.9 Å². The van der Waals surface area contributed by atoms with Crippen molar-refractivity contribution in [1.82, 2.24) is 10.2 Å². The van der Waals surface area contributed by atoms with Gasteiger partial charge in [0, 0.05) is 13.6 Å². The summed E-state index contributed by atoms with van der Waals surface area (Å²) >= 11 is 0. The van der Waals surface area contributed by atoms with Crippen LogP contribution >= 0.6 is 0 Å². The number of benzene rings is 1. The maximum Gasteiger partial charge on any atom is 0.317 e. The summed E-state index contributed by atoms with van der Waals surface area (Å²) in [6.45, 7) is 3.53. The molecule has 0 heterocycles. The first-order valence-electron chi connectivity index (χ1n) is 6.30. The van der Waals surface area contributed by atoms with E-state index in [4.69, 9.17) is 5.11 Å². The number of amides is 2. The Morgan fingerprint density at radius 3 is 2.65 bits per heavy atom. The Labute approximate surface area is 117 Å². The number of carboxylic acid groups (broad SMARTS) is 1. The third-order valence-corrected chi connectivity index (χ3v) is 3.04. The van der Waals surface area contributed by atoms with E-state index in [2.05, 4.69) is 5.32 Å². The molecule has 0 saturated heterocycles. The Kier molecular flexibility index (Phi) is 5.49. The van der Waals surface area contributed by atoms with Crippen LogP contribution in [0, 0.1) is 12.7 Å². The number of carbonyl (C=O) groups excluding carboxylic acids is 1. The average Bonchev–Trinajstić information content (AvgIpc) is 2.38. The van der Waals surface area contributed by atoms with Crippen molar-refractivity contribution in [2.45, 2.75) is 26.3 Å². The van der Waals surface area contributed by atoms with Crippen LogP contribution in [0.3, 0.4) is 0 Å². The molecule has 0 radical (unpaired) electrons. The van der Waals surface area contributed by atoms with Gasteiger partial charge < -0.3 is 15.3 Å². The lowest BCUT2D eigenvalue weighted by Crippen LogP contribution is -2.39. The second-order valence-corrected chi connectivity index (χ2v) is 4.75. The summed E-state index contributed by atoms with van der Waals surface area (Å²) < 4.78 is 13.5. The van der Waals surface area contributed by atoms with E-state index in [1.165, 1.54) is 18.0 Å². The van der Waals surface area contributed by atoms with E-state index in [0.29, 0.717) is 11.1 Å². The minimum Gasteiger partial charge on any atom is -0.481 e. The maximum atomic E-state index is 13.5. The molecule has 0 aliphatic heterocycles. The van der Waals surface area contributed by atoms with Gasteiger partial charge in [-0.2, -0.15) is 0 Å². The van der Waals surface area contributed by atoms with E-state index in [0.717, 1.165) is 0 Å². The second kappa shape index (κ2) is 6.88. The molecule has 0 fully saturated rings. The molecule has 0 aliphatic carbocycles. The summed E-state index contributed by atoms with van der Waals surface area (Å²) in [6.07, 6.45) is -0.114. The number of nitrogens with zero attached hydrogens (tertiary/aromatic N) is 1. The summed E-state index contributed by atoms with van der Waals surface area (Å²) in [5.41, 5.74) is 1.21. The molecule has 1 rings (SSSR count). The number of carboxylic acids is 1. The van der Waals surface area contributed by atoms with Gasteiger partial charge in [0.05, 0.1) is 12.5 Å². The van der Waals surface area contributed by atoms with Crippen LogP contribution in [0.1, 0.15) is 30.5 Å². The van der Waals surface area contributed by atoms with Crippen molar-refractivity contribution in [3.63, 3.8) is 0 Å². The lowest BCUT2D eigenvalue weighted by Gasteiger charge is -2.21. The van der Waals surface area contributed by atoms with Gasteiger partial charge >= 0.3 is 12.0 Å². The first-order valence-corrected chi connectivity index (χ1v) is 6.30. The highest BCUT2D eigenvalue weighted by Crippen LogP contribution is 2.16. The number of nitrogens with one attached hydrogen (secondary N) is 1. The molecule has 0 bridgehead atoms. The minimum atomic E-state index is -0.960. The number of halogens is 1. The number of carbonyl (C=O) groups is 2. The van der Waals surface area contributed by atoms with Gasteiger partial charge in [-0.3, -0.25) is 4.79 Å². The second-order valence-electron chi connectivity index (χ2n) is 4.75. The number of hydrogen-bond acceptors (Lipinski definition) is 2. The molecular weight excluding hydrogens is 263 g/mol. The van der Waals surface area contributed by atoms with Crippen LogP contribution in [0.15, 0.2) is 18.2 Å². The van der Waals surface area contributed by atoms with E-state index in [9.17, 15) is 14.0 Å². The number of aliphatic carboxylic acids is 1. The molecule has 0 saturated carbocycles. The average molecular weight is 282 g/mol. The van der Waals surface area contributed by atoms with Gasteiger partial charge in [0.25, 0.3) is 0 Å².